The molecule has 0 aliphatic carbocycles. The summed E-state index contributed by atoms with van der Waals surface area (Å²) < 4.78 is 47.5. The Kier molecular flexibility index (Phi) is 5.28. The highest BCUT2D eigenvalue weighted by atomic mass is 19.4. The lowest BCUT2D eigenvalue weighted by molar-refractivity contribution is -0.137. The molecule has 1 unspecified atom stereocenters. The van der Waals surface area contributed by atoms with Gasteiger partial charge in [0.1, 0.15) is 24.7 Å². The summed E-state index contributed by atoms with van der Waals surface area (Å²) in [5, 5.41) is 12.1. The van der Waals surface area contributed by atoms with Gasteiger partial charge in [-0.05, 0) is 24.3 Å². The molecule has 1 aromatic carbocycles. The fraction of sp³-hybridized carbons (Fsp3) is 0.267. The van der Waals surface area contributed by atoms with E-state index in [0.717, 1.165) is 12.1 Å². The zero-order valence-corrected chi connectivity index (χ0v) is 11.8. The fourth-order valence-electron chi connectivity index (χ4n) is 1.72. The van der Waals surface area contributed by atoms with Crippen LogP contribution < -0.4 is 10.1 Å². The van der Waals surface area contributed by atoms with E-state index >= 15 is 0 Å². The molecule has 0 spiro atoms. The minimum absolute atomic E-state index is 0.0139. The number of carbonyl (C=O) groups excluding carboxylic acids is 1. The predicted molar refractivity (Wildman–Crippen MR) is 74.0 cm³/mol. The first-order valence-electron chi connectivity index (χ1n) is 6.65. The van der Waals surface area contributed by atoms with Crippen molar-refractivity contribution < 1.29 is 32.2 Å². The van der Waals surface area contributed by atoms with Gasteiger partial charge in [-0.1, -0.05) is 6.07 Å². The highest BCUT2D eigenvalue weighted by Crippen LogP contribution is 2.31. The van der Waals surface area contributed by atoms with E-state index in [2.05, 4.69) is 5.32 Å². The Morgan fingerprint density at radius 1 is 1.35 bits per heavy atom. The number of furan rings is 1. The molecule has 0 fully saturated rings. The smallest absolute Gasteiger partial charge is 0.416 e. The molecule has 124 valence electrons. The topological polar surface area (TPSA) is 71.7 Å². The van der Waals surface area contributed by atoms with Crippen molar-refractivity contribution in [3.63, 3.8) is 0 Å². The number of alkyl halides is 3. The van der Waals surface area contributed by atoms with Gasteiger partial charge in [-0.15, -0.1) is 0 Å². The normalized spacial score (nSPS) is 12.7. The number of aliphatic hydroxyl groups excluding tert-OH is 1. The number of hydrogen-bond donors (Lipinski definition) is 2. The van der Waals surface area contributed by atoms with Gasteiger partial charge in [0.25, 0.3) is 5.91 Å². The average Bonchev–Trinajstić information content (AvgIpc) is 3.04. The maximum absolute atomic E-state index is 12.6. The summed E-state index contributed by atoms with van der Waals surface area (Å²) in [6, 6.07) is 5.79. The molecule has 2 rings (SSSR count). The first-order chi connectivity index (χ1) is 10.9. The van der Waals surface area contributed by atoms with Gasteiger partial charge < -0.3 is 19.6 Å². The summed E-state index contributed by atoms with van der Waals surface area (Å²) in [4.78, 5) is 11.6. The third-order valence-electron chi connectivity index (χ3n) is 2.89. The number of hydrogen-bond acceptors (Lipinski definition) is 4. The van der Waals surface area contributed by atoms with E-state index in [9.17, 15) is 23.1 Å². The highest BCUT2D eigenvalue weighted by molar-refractivity contribution is 5.93. The lowest BCUT2D eigenvalue weighted by Crippen LogP contribution is -2.35. The van der Waals surface area contributed by atoms with Crippen molar-refractivity contribution in [2.75, 3.05) is 13.2 Å². The standard InChI is InChI=1S/C15H14F3NO4/c16-15(17,18)11-2-1-3-13(6-11)23-9-12(20)7-19-14(21)10-4-5-22-8-10/h1-6,8,12,20H,7,9H2,(H,19,21). The number of carbonyl (C=O) groups is 1. The van der Waals surface area contributed by atoms with Crippen molar-refractivity contribution in [3.8, 4) is 5.75 Å². The quantitative estimate of drug-likeness (QED) is 0.854. The summed E-state index contributed by atoms with van der Waals surface area (Å²) >= 11 is 0. The molecular formula is C15H14F3NO4. The minimum atomic E-state index is -4.46. The Morgan fingerprint density at radius 3 is 2.78 bits per heavy atom. The molecule has 0 saturated heterocycles. The third-order valence-corrected chi connectivity index (χ3v) is 2.89. The molecule has 1 heterocycles. The van der Waals surface area contributed by atoms with Crippen LogP contribution in [0.15, 0.2) is 47.3 Å². The van der Waals surface area contributed by atoms with Crippen LogP contribution in [0.3, 0.4) is 0 Å². The number of halogens is 3. The molecule has 23 heavy (non-hydrogen) atoms. The van der Waals surface area contributed by atoms with Crippen molar-refractivity contribution in [2.24, 2.45) is 0 Å². The molecular weight excluding hydrogens is 315 g/mol. The summed E-state index contributed by atoms with van der Waals surface area (Å²) in [5.41, 5.74) is -0.534. The number of rotatable bonds is 6. The van der Waals surface area contributed by atoms with Crippen LogP contribution in [0, 0.1) is 0 Å². The van der Waals surface area contributed by atoms with E-state index in [1.165, 1.54) is 30.7 Å². The molecule has 8 heteroatoms. The largest absolute Gasteiger partial charge is 0.491 e. The molecule has 0 bridgehead atoms. The first-order valence-corrected chi connectivity index (χ1v) is 6.65. The van der Waals surface area contributed by atoms with Gasteiger partial charge in [-0.2, -0.15) is 13.2 Å². The van der Waals surface area contributed by atoms with E-state index in [-0.39, 0.29) is 18.9 Å². The monoisotopic (exact) mass is 329 g/mol. The van der Waals surface area contributed by atoms with Gasteiger partial charge in [0, 0.05) is 6.54 Å². The molecule has 2 N–H and O–H groups in total. The van der Waals surface area contributed by atoms with Gasteiger partial charge in [0.2, 0.25) is 0 Å². The molecule has 1 amide bonds. The third kappa shape index (κ3) is 5.03. The number of ether oxygens (including phenoxy) is 1. The van der Waals surface area contributed by atoms with E-state index < -0.39 is 23.8 Å². The SMILES string of the molecule is O=C(NCC(O)COc1cccc(C(F)(F)F)c1)c1ccoc1. The Bertz CT molecular complexity index is 640. The Hall–Kier alpha value is -2.48. The van der Waals surface area contributed by atoms with Crippen LogP contribution >= 0.6 is 0 Å². The van der Waals surface area contributed by atoms with Gasteiger partial charge in [0.05, 0.1) is 17.4 Å². The van der Waals surface area contributed by atoms with Crippen molar-refractivity contribution in [1.82, 2.24) is 5.32 Å². The summed E-state index contributed by atoms with van der Waals surface area (Å²) in [6.07, 6.45) is -2.94. The second-order valence-electron chi connectivity index (χ2n) is 4.71. The van der Waals surface area contributed by atoms with Crippen molar-refractivity contribution in [2.45, 2.75) is 12.3 Å². The van der Waals surface area contributed by atoms with E-state index in [1.54, 1.807) is 0 Å². The van der Waals surface area contributed by atoms with Crippen molar-refractivity contribution >= 4 is 5.91 Å². The average molecular weight is 329 g/mol. The van der Waals surface area contributed by atoms with Crippen LogP contribution in [0.1, 0.15) is 15.9 Å². The van der Waals surface area contributed by atoms with E-state index in [1.807, 2.05) is 0 Å². The van der Waals surface area contributed by atoms with Crippen molar-refractivity contribution in [1.29, 1.82) is 0 Å². The summed E-state index contributed by atoms with van der Waals surface area (Å²) in [7, 11) is 0. The molecule has 5 nitrogen and oxygen atoms in total. The van der Waals surface area contributed by atoms with Gasteiger partial charge in [-0.25, -0.2) is 0 Å². The molecule has 2 aromatic rings. The first kappa shape index (κ1) is 16.9. The Labute approximate surface area is 129 Å². The van der Waals surface area contributed by atoms with E-state index in [4.69, 9.17) is 9.15 Å². The molecule has 0 aliphatic rings. The summed E-state index contributed by atoms with van der Waals surface area (Å²) in [5.74, 6) is -0.447. The second-order valence-corrected chi connectivity index (χ2v) is 4.71. The Balaban J connectivity index is 1.80. The van der Waals surface area contributed by atoms with Crippen LogP contribution in [0.5, 0.6) is 5.75 Å². The van der Waals surface area contributed by atoms with Crippen LogP contribution in [0.2, 0.25) is 0 Å². The number of amides is 1. The highest BCUT2D eigenvalue weighted by Gasteiger charge is 2.30. The minimum Gasteiger partial charge on any atom is -0.491 e. The number of nitrogens with one attached hydrogen (secondary N) is 1. The molecule has 0 aliphatic heterocycles. The Morgan fingerprint density at radius 2 is 2.13 bits per heavy atom. The van der Waals surface area contributed by atoms with Gasteiger partial charge in [0.15, 0.2) is 0 Å². The lowest BCUT2D eigenvalue weighted by Gasteiger charge is -2.14. The van der Waals surface area contributed by atoms with Crippen molar-refractivity contribution in [3.05, 3.63) is 54.0 Å². The molecule has 1 aromatic heterocycles. The van der Waals surface area contributed by atoms with Crippen LogP contribution in [0.25, 0.3) is 0 Å². The maximum atomic E-state index is 12.6. The number of benzene rings is 1. The second kappa shape index (κ2) is 7.19. The predicted octanol–water partition coefficient (Wildman–Crippen LogP) is 2.47. The van der Waals surface area contributed by atoms with Crippen LogP contribution in [-0.4, -0.2) is 30.3 Å². The number of aliphatic hydroxyl groups is 1. The summed E-state index contributed by atoms with van der Waals surface area (Å²) in [6.45, 7) is -0.365. The lowest BCUT2D eigenvalue weighted by atomic mass is 10.2. The van der Waals surface area contributed by atoms with E-state index in [0.29, 0.717) is 5.56 Å². The van der Waals surface area contributed by atoms with Crippen LogP contribution in [0.4, 0.5) is 13.2 Å². The van der Waals surface area contributed by atoms with Gasteiger partial charge in [-0.3, -0.25) is 4.79 Å². The molecule has 1 atom stereocenters. The molecule has 0 radical (unpaired) electrons. The maximum Gasteiger partial charge on any atom is 0.416 e. The fourth-order valence-corrected chi connectivity index (χ4v) is 1.72. The zero-order valence-electron chi connectivity index (χ0n) is 11.8. The molecule has 0 saturated carbocycles. The van der Waals surface area contributed by atoms with Gasteiger partial charge >= 0.3 is 6.18 Å². The zero-order chi connectivity index (χ0) is 16.9. The van der Waals surface area contributed by atoms with Crippen LogP contribution in [-0.2, 0) is 6.18 Å².